The minimum Gasteiger partial charge on any atom is -0.414 e. The summed E-state index contributed by atoms with van der Waals surface area (Å²) >= 11 is 1.45. The average molecular weight is 335 g/mol. The molecule has 1 aliphatic rings. The quantitative estimate of drug-likeness (QED) is 0.773. The van der Waals surface area contributed by atoms with Gasteiger partial charge in [0.2, 0.25) is 5.89 Å². The molecule has 0 unspecified atom stereocenters. The maximum Gasteiger partial charge on any atom is 0.276 e. The van der Waals surface area contributed by atoms with Crippen LogP contribution in [0.2, 0.25) is 0 Å². The Morgan fingerprint density at radius 1 is 1.22 bits per heavy atom. The maximum atomic E-state index is 11.9. The highest BCUT2D eigenvalue weighted by Crippen LogP contribution is 2.19. The third kappa shape index (κ3) is 4.78. The Balaban J connectivity index is 1.41. The number of thioether (sulfide) groups is 1. The Kier molecular flexibility index (Phi) is 5.62. The predicted octanol–water partition coefficient (Wildman–Crippen LogP) is 1.85. The molecule has 0 saturated carbocycles. The number of rotatable bonds is 7. The Bertz CT molecular complexity index is 629. The molecule has 122 valence electrons. The summed E-state index contributed by atoms with van der Waals surface area (Å²) in [7, 11) is 0. The number of nitrogens with one attached hydrogen (secondary N) is 1. The third-order valence-electron chi connectivity index (χ3n) is 3.15. The highest BCUT2D eigenvalue weighted by atomic mass is 32.2. The first-order valence-corrected chi connectivity index (χ1v) is 8.31. The summed E-state index contributed by atoms with van der Waals surface area (Å²) < 4.78 is 16.2. The molecule has 1 N–H and O–H groups in total. The minimum atomic E-state index is -0.173. The molecular weight excluding hydrogens is 318 g/mol. The molecule has 0 bridgehead atoms. The fraction of sp³-hybridized carbons (Fsp3) is 0.400. The second kappa shape index (κ2) is 8.09. The topological polar surface area (TPSA) is 86.5 Å². The van der Waals surface area contributed by atoms with E-state index in [4.69, 9.17) is 13.9 Å². The lowest BCUT2D eigenvalue weighted by Gasteiger charge is -2.06. The number of nitrogens with zero attached hydrogens (tertiary/aromatic N) is 2. The molecule has 1 amide bonds. The van der Waals surface area contributed by atoms with Crippen LogP contribution in [0.3, 0.4) is 0 Å². The van der Waals surface area contributed by atoms with Gasteiger partial charge >= 0.3 is 0 Å². The van der Waals surface area contributed by atoms with E-state index in [-0.39, 0.29) is 18.7 Å². The molecular formula is C15H17N3O4S. The van der Waals surface area contributed by atoms with Gasteiger partial charge in [0.05, 0.1) is 19.8 Å². The molecule has 0 spiro atoms. The van der Waals surface area contributed by atoms with Crippen molar-refractivity contribution < 1.29 is 18.7 Å². The molecule has 0 radical (unpaired) electrons. The Hall–Kier alpha value is -1.90. The van der Waals surface area contributed by atoms with Crippen molar-refractivity contribution in [2.45, 2.75) is 24.5 Å². The molecule has 1 aliphatic heterocycles. The third-order valence-corrected chi connectivity index (χ3v) is 4.01. The zero-order chi connectivity index (χ0) is 15.9. The normalized spacial score (nSPS) is 15.0. The van der Waals surface area contributed by atoms with Crippen LogP contribution in [0.25, 0.3) is 0 Å². The SMILES string of the molecule is O=C(NCc1nnc(SCCC2OCCO2)o1)c1ccccc1. The van der Waals surface area contributed by atoms with Gasteiger partial charge in [0.1, 0.15) is 0 Å². The number of amides is 1. The lowest BCUT2D eigenvalue weighted by Crippen LogP contribution is -2.22. The van der Waals surface area contributed by atoms with Gasteiger partial charge in [-0.2, -0.15) is 0 Å². The number of benzene rings is 1. The average Bonchev–Trinajstić information content (AvgIpc) is 3.25. The Morgan fingerprint density at radius 2 is 2.00 bits per heavy atom. The molecule has 1 saturated heterocycles. The lowest BCUT2D eigenvalue weighted by atomic mass is 10.2. The molecule has 1 aromatic carbocycles. The number of ether oxygens (including phenoxy) is 2. The molecule has 1 aromatic heterocycles. The van der Waals surface area contributed by atoms with Gasteiger partial charge in [-0.25, -0.2) is 0 Å². The lowest BCUT2D eigenvalue weighted by molar-refractivity contribution is -0.0421. The maximum absolute atomic E-state index is 11.9. The second-order valence-electron chi connectivity index (χ2n) is 4.82. The monoisotopic (exact) mass is 335 g/mol. The van der Waals surface area contributed by atoms with Crippen LogP contribution in [-0.4, -0.2) is 41.4 Å². The van der Waals surface area contributed by atoms with Gasteiger partial charge < -0.3 is 19.2 Å². The van der Waals surface area contributed by atoms with Crippen molar-refractivity contribution in [3.8, 4) is 0 Å². The van der Waals surface area contributed by atoms with Crippen LogP contribution in [-0.2, 0) is 16.0 Å². The van der Waals surface area contributed by atoms with E-state index >= 15 is 0 Å². The van der Waals surface area contributed by atoms with Crippen molar-refractivity contribution in [1.82, 2.24) is 15.5 Å². The summed E-state index contributed by atoms with van der Waals surface area (Å²) in [5, 5.41) is 11.1. The van der Waals surface area contributed by atoms with Crippen molar-refractivity contribution in [2.75, 3.05) is 19.0 Å². The second-order valence-corrected chi connectivity index (χ2v) is 5.86. The zero-order valence-corrected chi connectivity index (χ0v) is 13.3. The van der Waals surface area contributed by atoms with Gasteiger partial charge in [-0.3, -0.25) is 4.79 Å². The Morgan fingerprint density at radius 3 is 2.78 bits per heavy atom. The van der Waals surface area contributed by atoms with E-state index in [9.17, 15) is 4.79 Å². The first-order chi connectivity index (χ1) is 11.3. The molecule has 3 rings (SSSR count). The number of hydrogen-bond acceptors (Lipinski definition) is 7. The van der Waals surface area contributed by atoms with E-state index in [1.165, 1.54) is 11.8 Å². The van der Waals surface area contributed by atoms with Crippen LogP contribution < -0.4 is 5.32 Å². The molecule has 2 aromatic rings. The molecule has 8 heteroatoms. The van der Waals surface area contributed by atoms with Crippen molar-refractivity contribution in [2.24, 2.45) is 0 Å². The standard InChI is InChI=1S/C15H17N3O4S/c19-14(11-4-2-1-3-5-11)16-10-12-17-18-15(22-12)23-9-6-13-20-7-8-21-13/h1-5,13H,6-10H2,(H,16,19). The summed E-state index contributed by atoms with van der Waals surface area (Å²) in [6.45, 7) is 1.51. The largest absolute Gasteiger partial charge is 0.414 e. The van der Waals surface area contributed by atoms with Crippen molar-refractivity contribution in [3.63, 3.8) is 0 Å². The van der Waals surface area contributed by atoms with Crippen molar-refractivity contribution >= 4 is 17.7 Å². The van der Waals surface area contributed by atoms with E-state index in [0.717, 1.165) is 12.2 Å². The minimum absolute atomic E-state index is 0.130. The van der Waals surface area contributed by atoms with Crippen molar-refractivity contribution in [3.05, 3.63) is 41.8 Å². The van der Waals surface area contributed by atoms with Gasteiger partial charge in [-0.05, 0) is 12.1 Å². The number of carbonyl (C=O) groups excluding carboxylic acids is 1. The summed E-state index contributed by atoms with van der Waals surface area (Å²) in [4.78, 5) is 11.9. The molecule has 0 atom stereocenters. The van der Waals surface area contributed by atoms with Crippen LogP contribution in [0.1, 0.15) is 22.7 Å². The van der Waals surface area contributed by atoms with E-state index in [0.29, 0.717) is 29.9 Å². The molecule has 23 heavy (non-hydrogen) atoms. The van der Waals surface area contributed by atoms with Gasteiger partial charge in [0.25, 0.3) is 11.1 Å². The summed E-state index contributed by atoms with van der Waals surface area (Å²) in [5.41, 5.74) is 0.596. The zero-order valence-electron chi connectivity index (χ0n) is 12.4. The van der Waals surface area contributed by atoms with Crippen LogP contribution in [0, 0.1) is 0 Å². The smallest absolute Gasteiger partial charge is 0.276 e. The van der Waals surface area contributed by atoms with Gasteiger partial charge in [-0.15, -0.1) is 10.2 Å². The number of aromatic nitrogens is 2. The fourth-order valence-electron chi connectivity index (χ4n) is 2.03. The van der Waals surface area contributed by atoms with Crippen molar-refractivity contribution in [1.29, 1.82) is 0 Å². The molecule has 0 aliphatic carbocycles. The fourth-order valence-corrected chi connectivity index (χ4v) is 2.77. The number of carbonyl (C=O) groups is 1. The first kappa shape index (κ1) is 16.0. The molecule has 1 fully saturated rings. The van der Waals surface area contributed by atoms with Crippen LogP contribution in [0.5, 0.6) is 0 Å². The predicted molar refractivity (Wildman–Crippen MR) is 82.9 cm³/mol. The summed E-state index contributed by atoms with van der Waals surface area (Å²) in [6, 6.07) is 8.98. The van der Waals surface area contributed by atoms with Crippen LogP contribution in [0.15, 0.2) is 40.0 Å². The highest BCUT2D eigenvalue weighted by molar-refractivity contribution is 7.99. The number of hydrogen-bond donors (Lipinski definition) is 1. The summed E-state index contributed by atoms with van der Waals surface area (Å²) in [5.74, 6) is 0.974. The molecule has 2 heterocycles. The van der Waals surface area contributed by atoms with Crippen LogP contribution in [0.4, 0.5) is 0 Å². The molecule has 7 nitrogen and oxygen atoms in total. The van der Waals surface area contributed by atoms with E-state index in [2.05, 4.69) is 15.5 Å². The van der Waals surface area contributed by atoms with E-state index in [1.807, 2.05) is 18.2 Å². The van der Waals surface area contributed by atoms with Gasteiger partial charge in [0, 0.05) is 17.7 Å². The Labute approximate surface area is 137 Å². The van der Waals surface area contributed by atoms with Gasteiger partial charge in [0.15, 0.2) is 6.29 Å². The van der Waals surface area contributed by atoms with E-state index in [1.54, 1.807) is 12.1 Å². The van der Waals surface area contributed by atoms with Crippen LogP contribution >= 0.6 is 11.8 Å². The van der Waals surface area contributed by atoms with E-state index < -0.39 is 0 Å². The first-order valence-electron chi connectivity index (χ1n) is 7.33. The summed E-state index contributed by atoms with van der Waals surface area (Å²) in [6.07, 6.45) is 0.641. The van der Waals surface area contributed by atoms with Gasteiger partial charge in [-0.1, -0.05) is 30.0 Å². The highest BCUT2D eigenvalue weighted by Gasteiger charge is 2.16.